The number of nitrogen functional groups attached to an aromatic ring is 1. The molecule has 0 radical (unpaired) electrons. The SMILES string of the molecule is CCC(CSC)NC(=O)/C=C/c1ccc(N)cc1. The molecule has 0 bridgehead atoms. The van der Waals surface area contributed by atoms with Crippen LogP contribution in [0.5, 0.6) is 0 Å². The Morgan fingerprint density at radius 1 is 1.44 bits per heavy atom. The lowest BCUT2D eigenvalue weighted by atomic mass is 10.2. The molecule has 0 heterocycles. The molecule has 0 aromatic heterocycles. The number of rotatable bonds is 6. The molecule has 98 valence electrons. The first-order valence-corrected chi connectivity index (χ1v) is 7.38. The van der Waals surface area contributed by atoms with Crippen LogP contribution < -0.4 is 11.1 Å². The Morgan fingerprint density at radius 3 is 2.67 bits per heavy atom. The molecule has 3 N–H and O–H groups in total. The molecule has 0 saturated heterocycles. The van der Waals surface area contributed by atoms with Gasteiger partial charge in [-0.05, 0) is 36.4 Å². The van der Waals surface area contributed by atoms with Crippen molar-refractivity contribution in [3.63, 3.8) is 0 Å². The Labute approximate surface area is 113 Å². The van der Waals surface area contributed by atoms with Gasteiger partial charge in [-0.3, -0.25) is 4.79 Å². The van der Waals surface area contributed by atoms with E-state index in [-0.39, 0.29) is 11.9 Å². The Morgan fingerprint density at radius 2 is 2.11 bits per heavy atom. The summed E-state index contributed by atoms with van der Waals surface area (Å²) in [6, 6.07) is 7.65. The van der Waals surface area contributed by atoms with Gasteiger partial charge in [-0.2, -0.15) is 11.8 Å². The fraction of sp³-hybridized carbons (Fsp3) is 0.357. The summed E-state index contributed by atoms with van der Waals surface area (Å²) in [4.78, 5) is 11.7. The van der Waals surface area contributed by atoms with Crippen molar-refractivity contribution in [2.75, 3.05) is 17.7 Å². The predicted octanol–water partition coefficient (Wildman–Crippen LogP) is 2.54. The van der Waals surface area contributed by atoms with Crippen LogP contribution in [0, 0.1) is 0 Å². The minimum Gasteiger partial charge on any atom is -0.399 e. The van der Waals surface area contributed by atoms with E-state index in [4.69, 9.17) is 5.73 Å². The lowest BCUT2D eigenvalue weighted by molar-refractivity contribution is -0.117. The van der Waals surface area contributed by atoms with Gasteiger partial charge in [0.2, 0.25) is 5.91 Å². The molecule has 0 saturated carbocycles. The van der Waals surface area contributed by atoms with Crippen molar-refractivity contribution >= 4 is 29.4 Å². The molecule has 1 unspecified atom stereocenters. The third kappa shape index (κ3) is 5.27. The Hall–Kier alpha value is -1.42. The van der Waals surface area contributed by atoms with Gasteiger partial charge in [0.1, 0.15) is 0 Å². The number of thioether (sulfide) groups is 1. The zero-order valence-electron chi connectivity index (χ0n) is 10.8. The number of carbonyl (C=O) groups excluding carboxylic acids is 1. The molecule has 4 heteroatoms. The molecule has 18 heavy (non-hydrogen) atoms. The molecule has 1 aromatic rings. The molecule has 0 aliphatic heterocycles. The van der Waals surface area contributed by atoms with Crippen molar-refractivity contribution in [3.05, 3.63) is 35.9 Å². The molecule has 0 spiro atoms. The highest BCUT2D eigenvalue weighted by molar-refractivity contribution is 7.98. The zero-order chi connectivity index (χ0) is 13.4. The third-order valence-electron chi connectivity index (χ3n) is 2.57. The highest BCUT2D eigenvalue weighted by atomic mass is 32.2. The summed E-state index contributed by atoms with van der Waals surface area (Å²) >= 11 is 1.74. The molecule has 1 aromatic carbocycles. The fourth-order valence-electron chi connectivity index (χ4n) is 1.49. The second-order valence-electron chi connectivity index (χ2n) is 4.07. The van der Waals surface area contributed by atoms with Crippen molar-refractivity contribution < 1.29 is 4.79 Å². The third-order valence-corrected chi connectivity index (χ3v) is 3.31. The van der Waals surface area contributed by atoms with Crippen LogP contribution >= 0.6 is 11.8 Å². The molecule has 0 aliphatic rings. The largest absolute Gasteiger partial charge is 0.399 e. The molecule has 1 rings (SSSR count). The number of carbonyl (C=O) groups is 1. The van der Waals surface area contributed by atoms with Crippen molar-refractivity contribution in [1.82, 2.24) is 5.32 Å². The van der Waals surface area contributed by atoms with Crippen LogP contribution in [0.25, 0.3) is 6.08 Å². The van der Waals surface area contributed by atoms with Crippen LogP contribution in [-0.2, 0) is 4.79 Å². The summed E-state index contributed by atoms with van der Waals surface area (Å²) in [5.74, 6) is 0.894. The summed E-state index contributed by atoms with van der Waals surface area (Å²) in [5, 5.41) is 2.98. The summed E-state index contributed by atoms with van der Waals surface area (Å²) < 4.78 is 0. The van der Waals surface area contributed by atoms with Crippen LogP contribution in [0.4, 0.5) is 5.69 Å². The minimum atomic E-state index is -0.0484. The van der Waals surface area contributed by atoms with Gasteiger partial charge in [-0.25, -0.2) is 0 Å². The lowest BCUT2D eigenvalue weighted by Gasteiger charge is -2.13. The molecule has 3 nitrogen and oxygen atoms in total. The summed E-state index contributed by atoms with van der Waals surface area (Å²) in [5.41, 5.74) is 7.29. The molecule has 1 atom stereocenters. The highest BCUT2D eigenvalue weighted by Gasteiger charge is 2.06. The second kappa shape index (κ2) is 7.82. The van der Waals surface area contributed by atoms with E-state index in [1.165, 1.54) is 0 Å². The fourth-order valence-corrected chi connectivity index (χ4v) is 2.21. The van der Waals surface area contributed by atoms with Gasteiger partial charge in [0.25, 0.3) is 0 Å². The first-order valence-electron chi connectivity index (χ1n) is 5.98. The van der Waals surface area contributed by atoms with E-state index in [9.17, 15) is 4.79 Å². The van der Waals surface area contributed by atoms with Gasteiger partial charge >= 0.3 is 0 Å². The first kappa shape index (κ1) is 14.6. The van der Waals surface area contributed by atoms with E-state index in [0.29, 0.717) is 0 Å². The average Bonchev–Trinajstić information content (AvgIpc) is 2.37. The summed E-state index contributed by atoms with van der Waals surface area (Å²) in [7, 11) is 0. The van der Waals surface area contributed by atoms with E-state index in [1.54, 1.807) is 23.9 Å². The van der Waals surface area contributed by atoms with E-state index in [0.717, 1.165) is 23.4 Å². The lowest BCUT2D eigenvalue weighted by Crippen LogP contribution is -2.34. The topological polar surface area (TPSA) is 55.1 Å². The standard InChI is InChI=1S/C14H20N2OS/c1-3-13(10-18-2)16-14(17)9-6-11-4-7-12(15)8-5-11/h4-9,13H,3,10,15H2,1-2H3,(H,16,17)/b9-6+. The van der Waals surface area contributed by atoms with Gasteiger partial charge < -0.3 is 11.1 Å². The first-order chi connectivity index (χ1) is 8.65. The van der Waals surface area contributed by atoms with Crippen LogP contribution in [0.15, 0.2) is 30.3 Å². The van der Waals surface area contributed by atoms with Gasteiger partial charge in [0, 0.05) is 23.6 Å². The van der Waals surface area contributed by atoms with Crippen molar-refractivity contribution in [1.29, 1.82) is 0 Å². The van der Waals surface area contributed by atoms with E-state index < -0.39 is 0 Å². The normalized spacial score (nSPS) is 12.6. The number of nitrogens with one attached hydrogen (secondary N) is 1. The number of benzene rings is 1. The van der Waals surface area contributed by atoms with Crippen LogP contribution in [0.1, 0.15) is 18.9 Å². The summed E-state index contributed by atoms with van der Waals surface area (Å²) in [6.07, 6.45) is 6.34. The average molecular weight is 264 g/mol. The van der Waals surface area contributed by atoms with E-state index >= 15 is 0 Å². The number of amides is 1. The van der Waals surface area contributed by atoms with Gasteiger partial charge in [-0.15, -0.1) is 0 Å². The van der Waals surface area contributed by atoms with Crippen molar-refractivity contribution in [2.45, 2.75) is 19.4 Å². The number of hydrogen-bond donors (Lipinski definition) is 2. The monoisotopic (exact) mass is 264 g/mol. The maximum atomic E-state index is 11.7. The van der Waals surface area contributed by atoms with E-state index in [2.05, 4.69) is 12.2 Å². The van der Waals surface area contributed by atoms with Crippen LogP contribution in [0.2, 0.25) is 0 Å². The van der Waals surface area contributed by atoms with Gasteiger partial charge in [0.15, 0.2) is 0 Å². The molecular weight excluding hydrogens is 244 g/mol. The van der Waals surface area contributed by atoms with E-state index in [1.807, 2.05) is 30.5 Å². The zero-order valence-corrected chi connectivity index (χ0v) is 11.7. The molecule has 0 aliphatic carbocycles. The molecule has 0 fully saturated rings. The van der Waals surface area contributed by atoms with Crippen molar-refractivity contribution in [2.24, 2.45) is 0 Å². The Kier molecular flexibility index (Phi) is 6.36. The predicted molar refractivity (Wildman–Crippen MR) is 80.5 cm³/mol. The van der Waals surface area contributed by atoms with Gasteiger partial charge in [-0.1, -0.05) is 19.1 Å². The van der Waals surface area contributed by atoms with Crippen LogP contribution in [0.3, 0.4) is 0 Å². The quantitative estimate of drug-likeness (QED) is 0.613. The minimum absolute atomic E-state index is 0.0484. The smallest absolute Gasteiger partial charge is 0.244 e. The van der Waals surface area contributed by atoms with Gasteiger partial charge in [0.05, 0.1) is 0 Å². The Bertz CT molecular complexity index is 401. The number of hydrogen-bond acceptors (Lipinski definition) is 3. The number of nitrogens with two attached hydrogens (primary N) is 1. The Balaban J connectivity index is 2.50. The maximum Gasteiger partial charge on any atom is 0.244 e. The van der Waals surface area contributed by atoms with Crippen molar-refractivity contribution in [3.8, 4) is 0 Å². The number of anilines is 1. The second-order valence-corrected chi connectivity index (χ2v) is 4.98. The molecule has 1 amide bonds. The molecular formula is C14H20N2OS. The van der Waals surface area contributed by atoms with Crippen LogP contribution in [-0.4, -0.2) is 24.0 Å². The maximum absolute atomic E-state index is 11.7. The summed E-state index contributed by atoms with van der Waals surface area (Å²) in [6.45, 7) is 2.07. The highest BCUT2D eigenvalue weighted by Crippen LogP contribution is 2.07.